The first-order chi connectivity index (χ1) is 9.91. The fourth-order valence-corrected chi connectivity index (χ4v) is 3.15. The third-order valence-corrected chi connectivity index (χ3v) is 4.50. The molecule has 2 rings (SSSR count). The first-order valence-electron chi connectivity index (χ1n) is 8.04. The maximum atomic E-state index is 6.19. The van der Waals surface area contributed by atoms with Crippen molar-refractivity contribution < 1.29 is 4.74 Å². The Morgan fingerprint density at radius 3 is 2.43 bits per heavy atom. The van der Waals surface area contributed by atoms with Crippen molar-refractivity contribution in [1.82, 2.24) is 15.3 Å². The third kappa shape index (κ3) is 3.80. The molecule has 4 heteroatoms. The molecular formula is C17H29N3O. The second-order valence-corrected chi connectivity index (χ2v) is 6.95. The largest absolute Gasteiger partial charge is 0.367 e. The van der Waals surface area contributed by atoms with Crippen molar-refractivity contribution in [3.8, 4) is 0 Å². The summed E-state index contributed by atoms with van der Waals surface area (Å²) in [7, 11) is 1.94. The Labute approximate surface area is 128 Å². The smallest absolute Gasteiger partial charge is 0.160 e. The number of rotatable bonds is 5. The van der Waals surface area contributed by atoms with Crippen molar-refractivity contribution in [1.29, 1.82) is 0 Å². The van der Waals surface area contributed by atoms with Crippen LogP contribution in [-0.4, -0.2) is 23.6 Å². The average molecular weight is 291 g/mol. The predicted molar refractivity (Wildman–Crippen MR) is 85.1 cm³/mol. The molecule has 21 heavy (non-hydrogen) atoms. The molecule has 1 saturated carbocycles. The molecule has 1 aliphatic carbocycles. The van der Waals surface area contributed by atoms with E-state index in [0.29, 0.717) is 12.0 Å². The van der Waals surface area contributed by atoms with E-state index in [2.05, 4.69) is 26.1 Å². The maximum Gasteiger partial charge on any atom is 0.160 e. The summed E-state index contributed by atoms with van der Waals surface area (Å²) in [6.07, 6.45) is 4.34. The van der Waals surface area contributed by atoms with Crippen molar-refractivity contribution in [2.24, 2.45) is 5.41 Å². The van der Waals surface area contributed by atoms with Gasteiger partial charge in [0.2, 0.25) is 0 Å². The maximum absolute atomic E-state index is 6.19. The number of nitrogens with zero attached hydrogens (tertiary/aromatic N) is 2. The third-order valence-electron chi connectivity index (χ3n) is 4.50. The van der Waals surface area contributed by atoms with E-state index in [4.69, 9.17) is 14.7 Å². The number of hydrogen-bond donors (Lipinski definition) is 1. The molecule has 1 N–H and O–H groups in total. The van der Waals surface area contributed by atoms with Crippen LogP contribution in [0, 0.1) is 12.3 Å². The van der Waals surface area contributed by atoms with E-state index in [9.17, 15) is 0 Å². The Morgan fingerprint density at radius 2 is 1.86 bits per heavy atom. The van der Waals surface area contributed by atoms with Gasteiger partial charge in [0.15, 0.2) is 5.82 Å². The highest BCUT2D eigenvalue weighted by atomic mass is 16.5. The van der Waals surface area contributed by atoms with E-state index < -0.39 is 0 Å². The molecule has 0 unspecified atom stereocenters. The number of aromatic nitrogens is 2. The number of hydrogen-bond acceptors (Lipinski definition) is 4. The molecule has 0 radical (unpaired) electrons. The van der Waals surface area contributed by atoms with Gasteiger partial charge in [-0.25, -0.2) is 9.97 Å². The highest BCUT2D eigenvalue weighted by molar-refractivity contribution is 5.15. The molecule has 1 aromatic heterocycles. The van der Waals surface area contributed by atoms with Gasteiger partial charge in [-0.2, -0.15) is 0 Å². The van der Waals surface area contributed by atoms with Crippen LogP contribution < -0.4 is 5.32 Å². The predicted octanol–water partition coefficient (Wildman–Crippen LogP) is 3.34. The molecule has 0 atom stereocenters. The Balaban J connectivity index is 2.34. The highest BCUT2D eigenvalue weighted by Crippen LogP contribution is 2.46. The average Bonchev–Trinajstić information content (AvgIpc) is 2.41. The van der Waals surface area contributed by atoms with Gasteiger partial charge in [-0.15, -0.1) is 0 Å². The van der Waals surface area contributed by atoms with Crippen molar-refractivity contribution >= 4 is 0 Å². The molecule has 0 spiro atoms. The minimum absolute atomic E-state index is 0.293. The van der Waals surface area contributed by atoms with Crippen LogP contribution in [0.5, 0.6) is 0 Å². The summed E-state index contributed by atoms with van der Waals surface area (Å²) in [5.74, 6) is 0.880. The van der Waals surface area contributed by atoms with Gasteiger partial charge in [0.1, 0.15) is 5.60 Å². The van der Waals surface area contributed by atoms with Gasteiger partial charge < -0.3 is 10.1 Å². The monoisotopic (exact) mass is 291 g/mol. The number of aryl methyl sites for hydroxylation is 1. The van der Waals surface area contributed by atoms with Gasteiger partial charge in [0, 0.05) is 18.8 Å². The van der Waals surface area contributed by atoms with E-state index >= 15 is 0 Å². The van der Waals surface area contributed by atoms with E-state index in [0.717, 1.165) is 49.4 Å². The molecule has 0 amide bonds. The second kappa shape index (κ2) is 6.41. The zero-order valence-corrected chi connectivity index (χ0v) is 14.1. The fourth-order valence-electron chi connectivity index (χ4n) is 3.15. The Bertz CT molecular complexity index is 475. The van der Waals surface area contributed by atoms with Crippen molar-refractivity contribution in [2.45, 2.75) is 65.5 Å². The minimum atomic E-state index is -0.293. The molecule has 0 bridgehead atoms. The first kappa shape index (κ1) is 16.4. The molecule has 0 saturated heterocycles. The van der Waals surface area contributed by atoms with Crippen LogP contribution >= 0.6 is 0 Å². The van der Waals surface area contributed by atoms with E-state index in [-0.39, 0.29) is 5.60 Å². The molecule has 1 heterocycles. The van der Waals surface area contributed by atoms with E-state index in [1.165, 1.54) is 0 Å². The van der Waals surface area contributed by atoms with Crippen molar-refractivity contribution in [3.05, 3.63) is 23.3 Å². The molecule has 118 valence electrons. The normalized spacial score (nSPS) is 20.4. The van der Waals surface area contributed by atoms with Gasteiger partial charge in [0.25, 0.3) is 0 Å². The second-order valence-electron chi connectivity index (χ2n) is 6.95. The quantitative estimate of drug-likeness (QED) is 0.904. The summed E-state index contributed by atoms with van der Waals surface area (Å²) in [6.45, 7) is 10.3. The Morgan fingerprint density at radius 1 is 1.19 bits per heavy atom. The summed E-state index contributed by atoms with van der Waals surface area (Å²) in [5.41, 5.74) is 2.18. The topological polar surface area (TPSA) is 47.0 Å². The van der Waals surface area contributed by atoms with Gasteiger partial charge in [-0.1, -0.05) is 13.8 Å². The zero-order chi connectivity index (χ0) is 15.5. The highest BCUT2D eigenvalue weighted by Gasteiger charge is 2.42. The van der Waals surface area contributed by atoms with Crippen LogP contribution in [0.2, 0.25) is 0 Å². The lowest BCUT2D eigenvalue weighted by atomic mass is 9.70. The number of ether oxygens (including phenoxy) is 1. The van der Waals surface area contributed by atoms with Gasteiger partial charge >= 0.3 is 0 Å². The summed E-state index contributed by atoms with van der Waals surface area (Å²) in [5, 5.41) is 3.17. The Kier molecular flexibility index (Phi) is 4.99. The van der Waals surface area contributed by atoms with Crippen LogP contribution in [0.15, 0.2) is 6.07 Å². The molecule has 0 aliphatic heterocycles. The summed E-state index contributed by atoms with van der Waals surface area (Å²) in [6, 6.07) is 2.05. The van der Waals surface area contributed by atoms with Gasteiger partial charge in [-0.3, -0.25) is 0 Å². The van der Waals surface area contributed by atoms with Crippen LogP contribution in [-0.2, 0) is 16.9 Å². The van der Waals surface area contributed by atoms with Gasteiger partial charge in [0.05, 0.1) is 5.69 Å². The Hall–Kier alpha value is -1.00. The van der Waals surface area contributed by atoms with Crippen LogP contribution in [0.4, 0.5) is 0 Å². The lowest BCUT2D eigenvalue weighted by molar-refractivity contribution is -0.0950. The SMILES string of the molecule is CCOC1(c2nc(C)cc(CNC)n2)CCC(C)(C)CC1. The summed E-state index contributed by atoms with van der Waals surface area (Å²) >= 11 is 0. The van der Waals surface area contributed by atoms with Crippen LogP contribution in [0.3, 0.4) is 0 Å². The molecule has 0 aromatic carbocycles. The molecule has 4 nitrogen and oxygen atoms in total. The van der Waals surface area contributed by atoms with Crippen molar-refractivity contribution in [2.75, 3.05) is 13.7 Å². The molecule has 1 aliphatic rings. The summed E-state index contributed by atoms with van der Waals surface area (Å²) in [4.78, 5) is 9.50. The minimum Gasteiger partial charge on any atom is -0.367 e. The molecule has 1 aromatic rings. The molecule has 1 fully saturated rings. The van der Waals surface area contributed by atoms with Crippen LogP contribution in [0.1, 0.15) is 63.7 Å². The zero-order valence-electron chi connectivity index (χ0n) is 14.1. The van der Waals surface area contributed by atoms with E-state index in [1.807, 2.05) is 20.0 Å². The lowest BCUT2D eigenvalue weighted by Gasteiger charge is -2.42. The van der Waals surface area contributed by atoms with Crippen molar-refractivity contribution in [3.63, 3.8) is 0 Å². The van der Waals surface area contributed by atoms with Gasteiger partial charge in [-0.05, 0) is 58.1 Å². The first-order valence-corrected chi connectivity index (χ1v) is 8.04. The molecular weight excluding hydrogens is 262 g/mol. The summed E-state index contributed by atoms with van der Waals surface area (Å²) < 4.78 is 6.19. The standard InChI is InChI=1S/C17H29N3O/c1-6-21-17(9-7-16(3,4)8-10-17)15-19-13(2)11-14(20-15)12-18-5/h11,18H,6-10,12H2,1-5H3. The van der Waals surface area contributed by atoms with Crippen LogP contribution in [0.25, 0.3) is 0 Å². The lowest BCUT2D eigenvalue weighted by Crippen LogP contribution is -2.39. The fraction of sp³-hybridized carbons (Fsp3) is 0.765. The van der Waals surface area contributed by atoms with E-state index in [1.54, 1.807) is 0 Å². The number of nitrogens with one attached hydrogen (secondary N) is 1.